The molecule has 0 bridgehead atoms. The highest BCUT2D eigenvalue weighted by atomic mass is 16.5. The largest absolute Gasteiger partial charge is 0.497 e. The number of nitrogens with zero attached hydrogens (tertiary/aromatic N) is 1. The van der Waals surface area contributed by atoms with Gasteiger partial charge in [0.2, 0.25) is 5.91 Å². The highest BCUT2D eigenvalue weighted by molar-refractivity contribution is 5.94. The Morgan fingerprint density at radius 1 is 1.30 bits per heavy atom. The second kappa shape index (κ2) is 9.19. The van der Waals surface area contributed by atoms with Crippen molar-refractivity contribution in [1.29, 1.82) is 0 Å². The third-order valence-electron chi connectivity index (χ3n) is 5.66. The Labute approximate surface area is 160 Å². The minimum Gasteiger partial charge on any atom is -0.497 e. The zero-order valence-corrected chi connectivity index (χ0v) is 16.2. The molecule has 2 atom stereocenters. The molecule has 2 unspecified atom stereocenters. The first-order chi connectivity index (χ1) is 13.1. The Bertz CT molecular complexity index is 658. The van der Waals surface area contributed by atoms with Crippen LogP contribution in [0.25, 0.3) is 0 Å². The fourth-order valence-corrected chi connectivity index (χ4v) is 4.00. The second-order valence-corrected chi connectivity index (χ2v) is 7.48. The van der Waals surface area contributed by atoms with Gasteiger partial charge in [0.1, 0.15) is 5.75 Å². The van der Waals surface area contributed by atoms with E-state index in [0.29, 0.717) is 42.2 Å². The van der Waals surface area contributed by atoms with E-state index in [2.05, 4.69) is 23.1 Å². The highest BCUT2D eigenvalue weighted by Gasteiger charge is 2.33. The molecular weight excluding hydrogens is 344 g/mol. The fraction of sp³-hybridized carbons (Fsp3) is 0.600. The molecule has 0 aromatic heterocycles. The summed E-state index contributed by atoms with van der Waals surface area (Å²) in [6.45, 7) is 5.23. The number of benzene rings is 1. The van der Waals surface area contributed by atoms with E-state index in [1.807, 2.05) is 4.90 Å². The van der Waals surface area contributed by atoms with E-state index in [1.54, 1.807) is 31.4 Å². The van der Waals surface area contributed by atoms with Crippen molar-refractivity contribution in [1.82, 2.24) is 21.1 Å². The van der Waals surface area contributed by atoms with Crippen molar-refractivity contribution < 1.29 is 14.3 Å². The Morgan fingerprint density at radius 3 is 2.74 bits per heavy atom. The van der Waals surface area contributed by atoms with Crippen LogP contribution in [0, 0.1) is 11.8 Å². The van der Waals surface area contributed by atoms with E-state index in [-0.39, 0.29) is 11.8 Å². The number of hydrogen-bond acceptors (Lipinski definition) is 5. The summed E-state index contributed by atoms with van der Waals surface area (Å²) >= 11 is 0. The van der Waals surface area contributed by atoms with Gasteiger partial charge in [-0.1, -0.05) is 13.0 Å². The van der Waals surface area contributed by atoms with E-state index < -0.39 is 0 Å². The van der Waals surface area contributed by atoms with Gasteiger partial charge in [0.05, 0.1) is 7.11 Å². The van der Waals surface area contributed by atoms with Gasteiger partial charge in [0.25, 0.3) is 5.91 Å². The monoisotopic (exact) mass is 374 g/mol. The number of hydrazine groups is 1. The number of ether oxygens (including phenoxy) is 1. The number of rotatable bonds is 6. The van der Waals surface area contributed by atoms with Gasteiger partial charge < -0.3 is 15.0 Å². The molecule has 1 aromatic rings. The molecule has 7 nitrogen and oxygen atoms in total. The van der Waals surface area contributed by atoms with Crippen LogP contribution < -0.4 is 20.9 Å². The average Bonchev–Trinajstić information content (AvgIpc) is 3.13. The number of piperidine rings is 1. The first-order valence-electron chi connectivity index (χ1n) is 9.77. The van der Waals surface area contributed by atoms with E-state index >= 15 is 0 Å². The summed E-state index contributed by atoms with van der Waals surface area (Å²) in [7, 11) is 1.57. The van der Waals surface area contributed by atoms with Crippen LogP contribution >= 0.6 is 0 Å². The highest BCUT2D eigenvalue weighted by Crippen LogP contribution is 2.26. The molecule has 27 heavy (non-hydrogen) atoms. The lowest BCUT2D eigenvalue weighted by Crippen LogP contribution is -2.46. The normalized spacial score (nSPS) is 23.3. The molecule has 0 saturated carbocycles. The predicted octanol–water partition coefficient (Wildman–Crippen LogP) is 1.17. The number of nitrogens with one attached hydrogen (secondary N) is 3. The fourth-order valence-electron chi connectivity index (χ4n) is 4.00. The minimum absolute atomic E-state index is 0.116. The Kier molecular flexibility index (Phi) is 6.68. The summed E-state index contributed by atoms with van der Waals surface area (Å²) < 4.78 is 5.13. The third kappa shape index (κ3) is 4.99. The van der Waals surface area contributed by atoms with Gasteiger partial charge in [-0.2, -0.15) is 0 Å². The van der Waals surface area contributed by atoms with Crippen LogP contribution in [0.5, 0.6) is 5.75 Å². The molecule has 2 aliphatic heterocycles. The van der Waals surface area contributed by atoms with Gasteiger partial charge in [-0.25, -0.2) is 0 Å². The topological polar surface area (TPSA) is 82.7 Å². The van der Waals surface area contributed by atoms with Gasteiger partial charge >= 0.3 is 0 Å². The van der Waals surface area contributed by atoms with Crippen molar-refractivity contribution in [2.75, 3.05) is 33.3 Å². The number of likely N-dealkylation sites (tertiary alicyclic amines) is 1. The van der Waals surface area contributed by atoms with Crippen molar-refractivity contribution >= 4 is 11.8 Å². The van der Waals surface area contributed by atoms with Gasteiger partial charge in [0.15, 0.2) is 0 Å². The molecule has 148 valence electrons. The van der Waals surface area contributed by atoms with Crippen LogP contribution in [0.2, 0.25) is 0 Å². The smallest absolute Gasteiger partial charge is 0.251 e. The lowest BCUT2D eigenvalue weighted by atomic mass is 9.84. The predicted molar refractivity (Wildman–Crippen MR) is 103 cm³/mol. The lowest BCUT2D eigenvalue weighted by Gasteiger charge is -2.36. The summed E-state index contributed by atoms with van der Waals surface area (Å²) in [4.78, 5) is 26.6. The maximum atomic E-state index is 12.4. The molecule has 0 spiro atoms. The zero-order chi connectivity index (χ0) is 19.2. The molecular formula is C20H30N4O3. The molecule has 2 aliphatic rings. The summed E-state index contributed by atoms with van der Waals surface area (Å²) in [5, 5.41) is 2.82. The number of methoxy groups -OCH3 is 1. The van der Waals surface area contributed by atoms with Gasteiger partial charge in [-0.3, -0.25) is 20.4 Å². The molecule has 1 aromatic carbocycles. The third-order valence-corrected chi connectivity index (χ3v) is 5.66. The molecule has 2 heterocycles. The number of amides is 2. The summed E-state index contributed by atoms with van der Waals surface area (Å²) in [6, 6.07) is 7.50. The van der Waals surface area contributed by atoms with Crippen LogP contribution in [-0.2, 0) is 4.79 Å². The van der Waals surface area contributed by atoms with Crippen LogP contribution in [0.1, 0.15) is 36.5 Å². The minimum atomic E-state index is -0.186. The maximum Gasteiger partial charge on any atom is 0.251 e. The van der Waals surface area contributed by atoms with Crippen LogP contribution in [-0.4, -0.2) is 56.0 Å². The van der Waals surface area contributed by atoms with Crippen molar-refractivity contribution in [2.45, 2.75) is 32.2 Å². The number of carbonyl (C=O) groups is 2. The van der Waals surface area contributed by atoms with Crippen molar-refractivity contribution in [3.8, 4) is 5.75 Å². The van der Waals surface area contributed by atoms with E-state index in [0.717, 1.165) is 32.5 Å². The average molecular weight is 374 g/mol. The quantitative estimate of drug-likeness (QED) is 0.696. The van der Waals surface area contributed by atoms with Crippen molar-refractivity contribution in [2.24, 2.45) is 11.8 Å². The second-order valence-electron chi connectivity index (χ2n) is 7.48. The van der Waals surface area contributed by atoms with Gasteiger partial charge in [0, 0.05) is 44.2 Å². The molecule has 2 saturated heterocycles. The van der Waals surface area contributed by atoms with Crippen LogP contribution in [0.3, 0.4) is 0 Å². The number of carbonyl (C=O) groups excluding carboxylic acids is 2. The molecule has 2 amide bonds. The lowest BCUT2D eigenvalue weighted by molar-refractivity contribution is -0.132. The van der Waals surface area contributed by atoms with E-state index in [1.165, 1.54) is 0 Å². The summed E-state index contributed by atoms with van der Waals surface area (Å²) in [5.41, 5.74) is 7.15. The zero-order valence-electron chi connectivity index (χ0n) is 16.2. The molecule has 3 N–H and O–H groups in total. The standard InChI is InChI=1S/C20H30N4O3/c1-14-13-22-23-19(14)15-7-10-24(11-8-15)18(25)6-9-21-20(26)16-4-3-5-17(12-16)27-2/h3-5,12,14-15,19,22-23H,6-11,13H2,1-2H3,(H,21,26). The summed E-state index contributed by atoms with van der Waals surface area (Å²) in [5.74, 6) is 1.82. The van der Waals surface area contributed by atoms with Crippen molar-refractivity contribution in [3.63, 3.8) is 0 Å². The summed E-state index contributed by atoms with van der Waals surface area (Å²) in [6.07, 6.45) is 2.40. The molecule has 0 radical (unpaired) electrons. The Balaban J connectivity index is 1.39. The Morgan fingerprint density at radius 2 is 2.07 bits per heavy atom. The first-order valence-corrected chi connectivity index (χ1v) is 9.77. The first kappa shape index (κ1) is 19.6. The molecule has 7 heteroatoms. The molecule has 2 fully saturated rings. The molecule has 3 rings (SSSR count). The maximum absolute atomic E-state index is 12.4. The van der Waals surface area contributed by atoms with Gasteiger partial charge in [-0.15, -0.1) is 0 Å². The molecule has 0 aliphatic carbocycles. The SMILES string of the molecule is COc1cccc(C(=O)NCCC(=O)N2CCC(C3NNCC3C)CC2)c1. The van der Waals surface area contributed by atoms with Gasteiger partial charge in [-0.05, 0) is 42.9 Å². The van der Waals surface area contributed by atoms with Crippen molar-refractivity contribution in [3.05, 3.63) is 29.8 Å². The van der Waals surface area contributed by atoms with E-state index in [9.17, 15) is 9.59 Å². The van der Waals surface area contributed by atoms with E-state index in [4.69, 9.17) is 4.74 Å². The van der Waals surface area contributed by atoms with Crippen LogP contribution in [0.15, 0.2) is 24.3 Å². The Hall–Kier alpha value is -2.12. The number of hydrogen-bond donors (Lipinski definition) is 3. The van der Waals surface area contributed by atoms with Crippen LogP contribution in [0.4, 0.5) is 0 Å².